The van der Waals surface area contributed by atoms with Gasteiger partial charge in [0.15, 0.2) is 5.65 Å². The van der Waals surface area contributed by atoms with Gasteiger partial charge in [-0.2, -0.15) is 0 Å². The molecule has 0 aliphatic rings. The van der Waals surface area contributed by atoms with E-state index in [0.717, 1.165) is 5.65 Å². The number of fused-ring (bicyclic) bond motifs is 1. The molecule has 0 fully saturated rings. The van der Waals surface area contributed by atoms with Crippen molar-refractivity contribution in [2.75, 3.05) is 0 Å². The Morgan fingerprint density at radius 2 is 2.38 bits per heavy atom. The van der Waals surface area contributed by atoms with E-state index in [2.05, 4.69) is 9.97 Å². The lowest BCUT2D eigenvalue weighted by Gasteiger charge is -1.99. The van der Waals surface area contributed by atoms with Gasteiger partial charge in [0, 0.05) is 18.4 Å². The number of halogens is 1. The van der Waals surface area contributed by atoms with Crippen molar-refractivity contribution in [3.05, 3.63) is 29.4 Å². The fraction of sp³-hybridized carbons (Fsp3) is 0.250. The third-order valence-corrected chi connectivity index (χ3v) is 2.20. The lowest BCUT2D eigenvalue weighted by Crippen LogP contribution is -2.05. The quantitative estimate of drug-likeness (QED) is 0.750. The van der Waals surface area contributed by atoms with Gasteiger partial charge in [0.25, 0.3) is 0 Å². The highest BCUT2D eigenvalue weighted by Crippen LogP contribution is 2.21. The summed E-state index contributed by atoms with van der Waals surface area (Å²) in [6, 6.07) is -0.160. The van der Waals surface area contributed by atoms with E-state index < -0.39 is 0 Å². The fourth-order valence-electron chi connectivity index (χ4n) is 1.18. The number of nitrogens with two attached hydrogens (primary N) is 1. The summed E-state index contributed by atoms with van der Waals surface area (Å²) >= 11 is 6.04. The monoisotopic (exact) mass is 196 g/mol. The van der Waals surface area contributed by atoms with Crippen molar-refractivity contribution in [1.82, 2.24) is 14.4 Å². The van der Waals surface area contributed by atoms with E-state index >= 15 is 0 Å². The van der Waals surface area contributed by atoms with E-state index in [1.807, 2.05) is 6.92 Å². The van der Waals surface area contributed by atoms with E-state index in [1.54, 1.807) is 23.0 Å². The van der Waals surface area contributed by atoms with Gasteiger partial charge < -0.3 is 5.73 Å². The number of imidazole rings is 1. The Labute approximate surface area is 80.4 Å². The second-order valence-electron chi connectivity index (χ2n) is 2.88. The maximum absolute atomic E-state index is 6.04. The van der Waals surface area contributed by atoms with Crippen LogP contribution in [0.2, 0.25) is 5.15 Å². The summed E-state index contributed by atoms with van der Waals surface area (Å²) in [5.41, 5.74) is 7.12. The van der Waals surface area contributed by atoms with Crippen LogP contribution in [-0.2, 0) is 0 Å². The highest BCUT2D eigenvalue weighted by atomic mass is 35.5. The molecule has 0 amide bonds. The average molecular weight is 197 g/mol. The van der Waals surface area contributed by atoms with Gasteiger partial charge in [0.05, 0.1) is 11.9 Å². The summed E-state index contributed by atoms with van der Waals surface area (Å²) in [5, 5.41) is 0.562. The predicted molar refractivity (Wildman–Crippen MR) is 50.6 cm³/mol. The first kappa shape index (κ1) is 8.47. The minimum atomic E-state index is -0.160. The Kier molecular flexibility index (Phi) is 1.94. The molecule has 2 N–H and O–H groups in total. The van der Waals surface area contributed by atoms with Crippen molar-refractivity contribution in [3.63, 3.8) is 0 Å². The molecular formula is C8H9ClN4. The minimum absolute atomic E-state index is 0.160. The first-order valence-electron chi connectivity index (χ1n) is 3.93. The van der Waals surface area contributed by atoms with Gasteiger partial charge in [0.1, 0.15) is 5.15 Å². The normalized spacial score (nSPS) is 13.5. The zero-order valence-corrected chi connectivity index (χ0v) is 7.86. The maximum atomic E-state index is 6.04. The number of nitrogens with zero attached hydrogens (tertiary/aromatic N) is 3. The van der Waals surface area contributed by atoms with Gasteiger partial charge >= 0.3 is 0 Å². The van der Waals surface area contributed by atoms with Crippen LogP contribution in [0, 0.1) is 0 Å². The Morgan fingerprint density at radius 3 is 3.00 bits per heavy atom. The molecule has 0 saturated heterocycles. The second kappa shape index (κ2) is 2.97. The third kappa shape index (κ3) is 1.28. The zero-order chi connectivity index (χ0) is 9.42. The smallest absolute Gasteiger partial charge is 0.156 e. The Hall–Kier alpha value is -1.13. The van der Waals surface area contributed by atoms with Crippen LogP contribution in [0.1, 0.15) is 18.7 Å². The van der Waals surface area contributed by atoms with E-state index in [0.29, 0.717) is 10.8 Å². The van der Waals surface area contributed by atoms with Crippen LogP contribution < -0.4 is 5.73 Å². The highest BCUT2D eigenvalue weighted by Gasteiger charge is 2.12. The lowest BCUT2D eigenvalue weighted by molar-refractivity contribution is 0.790. The number of hydrogen-bond donors (Lipinski definition) is 1. The molecule has 5 heteroatoms. The topological polar surface area (TPSA) is 56.2 Å². The molecule has 0 saturated carbocycles. The summed E-state index contributed by atoms with van der Waals surface area (Å²) in [6.07, 6.45) is 5.07. The number of hydrogen-bond acceptors (Lipinski definition) is 3. The average Bonchev–Trinajstić information content (AvgIpc) is 2.45. The number of aromatic nitrogens is 3. The molecule has 2 heterocycles. The van der Waals surface area contributed by atoms with Crippen molar-refractivity contribution >= 4 is 17.2 Å². The first-order valence-corrected chi connectivity index (χ1v) is 4.31. The molecule has 4 nitrogen and oxygen atoms in total. The van der Waals surface area contributed by atoms with Crippen molar-refractivity contribution in [1.29, 1.82) is 0 Å². The van der Waals surface area contributed by atoms with Crippen LogP contribution in [0.25, 0.3) is 5.65 Å². The fourth-order valence-corrected chi connectivity index (χ4v) is 1.54. The molecule has 0 aliphatic carbocycles. The summed E-state index contributed by atoms with van der Waals surface area (Å²) < 4.78 is 1.76. The van der Waals surface area contributed by atoms with Crippen molar-refractivity contribution in [2.24, 2.45) is 5.73 Å². The largest absolute Gasteiger partial charge is 0.323 e. The standard InChI is InChI=1S/C8H9ClN4/c1-5(10)7-8(9)13-3-2-11-4-6(13)12-7/h2-5H,10H2,1H3. The predicted octanol–water partition coefficient (Wildman–Crippen LogP) is 1.40. The van der Waals surface area contributed by atoms with Gasteiger partial charge in [-0.25, -0.2) is 4.98 Å². The Morgan fingerprint density at radius 1 is 1.62 bits per heavy atom. The summed E-state index contributed by atoms with van der Waals surface area (Å²) in [4.78, 5) is 8.20. The van der Waals surface area contributed by atoms with Gasteiger partial charge in [0.2, 0.25) is 0 Å². The molecule has 0 aliphatic heterocycles. The van der Waals surface area contributed by atoms with Crippen LogP contribution >= 0.6 is 11.6 Å². The van der Waals surface area contributed by atoms with Crippen molar-refractivity contribution in [3.8, 4) is 0 Å². The van der Waals surface area contributed by atoms with E-state index in [4.69, 9.17) is 17.3 Å². The second-order valence-corrected chi connectivity index (χ2v) is 3.24. The van der Waals surface area contributed by atoms with Crippen molar-refractivity contribution in [2.45, 2.75) is 13.0 Å². The van der Waals surface area contributed by atoms with Gasteiger partial charge in [-0.15, -0.1) is 0 Å². The molecule has 2 rings (SSSR count). The Balaban J connectivity index is 2.74. The van der Waals surface area contributed by atoms with Crippen LogP contribution in [0.3, 0.4) is 0 Å². The molecule has 1 atom stereocenters. The van der Waals surface area contributed by atoms with Crippen molar-refractivity contribution < 1.29 is 0 Å². The van der Waals surface area contributed by atoms with E-state index in [-0.39, 0.29) is 6.04 Å². The summed E-state index contributed by atoms with van der Waals surface area (Å²) in [6.45, 7) is 1.85. The van der Waals surface area contributed by atoms with Gasteiger partial charge in [-0.05, 0) is 6.92 Å². The first-order chi connectivity index (χ1) is 6.20. The van der Waals surface area contributed by atoms with Gasteiger partial charge in [-0.1, -0.05) is 11.6 Å². The third-order valence-electron chi connectivity index (χ3n) is 1.83. The highest BCUT2D eigenvalue weighted by molar-refractivity contribution is 6.30. The minimum Gasteiger partial charge on any atom is -0.323 e. The van der Waals surface area contributed by atoms with E-state index in [1.165, 1.54) is 0 Å². The van der Waals surface area contributed by atoms with Crippen LogP contribution in [0.15, 0.2) is 18.6 Å². The molecule has 2 aromatic rings. The molecular weight excluding hydrogens is 188 g/mol. The molecule has 2 aromatic heterocycles. The Bertz CT molecular complexity index is 435. The molecule has 0 spiro atoms. The van der Waals surface area contributed by atoms with Gasteiger partial charge in [-0.3, -0.25) is 9.38 Å². The SMILES string of the molecule is CC(N)c1nc2cnccn2c1Cl. The summed E-state index contributed by atoms with van der Waals surface area (Å²) in [7, 11) is 0. The molecule has 13 heavy (non-hydrogen) atoms. The van der Waals surface area contributed by atoms with E-state index in [9.17, 15) is 0 Å². The maximum Gasteiger partial charge on any atom is 0.156 e. The molecule has 68 valence electrons. The molecule has 1 unspecified atom stereocenters. The molecule has 0 aromatic carbocycles. The van der Waals surface area contributed by atoms with Crippen LogP contribution in [0.5, 0.6) is 0 Å². The van der Waals surface area contributed by atoms with Crippen LogP contribution in [0.4, 0.5) is 0 Å². The van der Waals surface area contributed by atoms with Crippen LogP contribution in [-0.4, -0.2) is 14.4 Å². The molecule has 0 bridgehead atoms. The lowest BCUT2D eigenvalue weighted by atomic mass is 10.3. The number of rotatable bonds is 1. The zero-order valence-electron chi connectivity index (χ0n) is 7.11. The molecule has 0 radical (unpaired) electrons. The summed E-state index contributed by atoms with van der Waals surface area (Å²) in [5.74, 6) is 0.